The first-order valence-electron chi connectivity index (χ1n) is 8.44. The van der Waals surface area contributed by atoms with Gasteiger partial charge in [0.2, 0.25) is 11.8 Å². The summed E-state index contributed by atoms with van der Waals surface area (Å²) >= 11 is 0. The largest absolute Gasteiger partial charge is 0.348 e. The molecule has 1 saturated heterocycles. The molecule has 24 heavy (non-hydrogen) atoms. The molecule has 1 heterocycles. The van der Waals surface area contributed by atoms with Crippen molar-refractivity contribution >= 4 is 11.8 Å². The van der Waals surface area contributed by atoms with Crippen LogP contribution in [-0.2, 0) is 9.59 Å². The molecule has 2 rings (SSSR count). The number of carbonyl (C=O) groups excluding carboxylic acids is 2. The highest BCUT2D eigenvalue weighted by Gasteiger charge is 2.25. The van der Waals surface area contributed by atoms with Gasteiger partial charge in [0.1, 0.15) is 5.82 Å². The number of carbonyl (C=O) groups is 2. The van der Waals surface area contributed by atoms with Crippen molar-refractivity contribution in [1.82, 2.24) is 15.1 Å². The maximum Gasteiger partial charge on any atom is 0.237 e. The third kappa shape index (κ3) is 4.77. The first-order chi connectivity index (χ1) is 11.4. The molecule has 1 N–H and O–H groups in total. The lowest BCUT2D eigenvalue weighted by Gasteiger charge is -2.28. The van der Waals surface area contributed by atoms with E-state index < -0.39 is 0 Å². The fraction of sp³-hybridized carbons (Fsp3) is 0.556. The standard InChI is InChI=1S/C18H26FN3O2/c1-13(16-5-7-17(19)8-6-16)20-18(24)14(2)21-9-4-10-22(12-11-21)15(3)23/h5-8,13-14H,4,9-12H2,1-3H3,(H,20,24)/t13-,14-/m0/s1. The van der Waals surface area contributed by atoms with Crippen LogP contribution >= 0.6 is 0 Å². The highest BCUT2D eigenvalue weighted by Crippen LogP contribution is 2.14. The SMILES string of the molecule is CC(=O)N1CCCN([C@@H](C)C(=O)N[C@@H](C)c2ccc(F)cc2)CC1. The zero-order valence-electron chi connectivity index (χ0n) is 14.6. The van der Waals surface area contributed by atoms with E-state index in [9.17, 15) is 14.0 Å². The predicted molar refractivity (Wildman–Crippen MR) is 90.9 cm³/mol. The zero-order valence-corrected chi connectivity index (χ0v) is 14.6. The maximum atomic E-state index is 13.0. The summed E-state index contributed by atoms with van der Waals surface area (Å²) in [6.07, 6.45) is 0.866. The summed E-state index contributed by atoms with van der Waals surface area (Å²) < 4.78 is 13.0. The average molecular weight is 335 g/mol. The molecule has 1 aliphatic rings. The van der Waals surface area contributed by atoms with Crippen LogP contribution < -0.4 is 5.32 Å². The molecule has 0 aliphatic carbocycles. The Kier molecular flexibility index (Phi) is 6.31. The van der Waals surface area contributed by atoms with Gasteiger partial charge in [-0.3, -0.25) is 14.5 Å². The van der Waals surface area contributed by atoms with Crippen LogP contribution in [0.3, 0.4) is 0 Å². The van der Waals surface area contributed by atoms with Gasteiger partial charge in [0.15, 0.2) is 0 Å². The molecule has 2 atom stereocenters. The first-order valence-corrected chi connectivity index (χ1v) is 8.44. The average Bonchev–Trinajstić information content (AvgIpc) is 2.80. The van der Waals surface area contributed by atoms with Crippen LogP contribution in [0.25, 0.3) is 0 Å². The van der Waals surface area contributed by atoms with Crippen molar-refractivity contribution in [3.8, 4) is 0 Å². The van der Waals surface area contributed by atoms with E-state index in [1.165, 1.54) is 12.1 Å². The molecule has 0 unspecified atom stereocenters. The molecule has 0 bridgehead atoms. The molecule has 5 nitrogen and oxygen atoms in total. The normalized spacial score (nSPS) is 18.6. The van der Waals surface area contributed by atoms with Crippen LogP contribution in [0.2, 0.25) is 0 Å². The number of nitrogens with zero attached hydrogens (tertiary/aromatic N) is 2. The van der Waals surface area contributed by atoms with Crippen molar-refractivity contribution < 1.29 is 14.0 Å². The van der Waals surface area contributed by atoms with Gasteiger partial charge in [0, 0.05) is 33.1 Å². The van der Waals surface area contributed by atoms with E-state index in [0.717, 1.165) is 25.1 Å². The minimum absolute atomic E-state index is 0.0527. The third-order valence-electron chi connectivity index (χ3n) is 4.63. The summed E-state index contributed by atoms with van der Waals surface area (Å²) in [7, 11) is 0. The molecule has 2 amide bonds. The van der Waals surface area contributed by atoms with Crippen LogP contribution in [0, 0.1) is 5.82 Å². The highest BCUT2D eigenvalue weighted by molar-refractivity contribution is 5.81. The minimum atomic E-state index is -0.287. The summed E-state index contributed by atoms with van der Waals surface area (Å²) in [5.74, 6) is -0.257. The fourth-order valence-electron chi connectivity index (χ4n) is 2.97. The molecule has 0 spiro atoms. The molecule has 6 heteroatoms. The van der Waals surface area contributed by atoms with Crippen molar-refractivity contribution in [3.05, 3.63) is 35.6 Å². The Morgan fingerprint density at radius 3 is 2.38 bits per heavy atom. The summed E-state index contributed by atoms with van der Waals surface area (Å²) in [6.45, 7) is 8.24. The summed E-state index contributed by atoms with van der Waals surface area (Å²) in [4.78, 5) is 27.9. The number of rotatable bonds is 4. The van der Waals surface area contributed by atoms with Gasteiger partial charge >= 0.3 is 0 Å². The molecular formula is C18H26FN3O2. The monoisotopic (exact) mass is 335 g/mol. The summed E-state index contributed by atoms with van der Waals surface area (Å²) in [5, 5.41) is 2.98. The molecule has 1 fully saturated rings. The van der Waals surface area contributed by atoms with Gasteiger partial charge in [-0.15, -0.1) is 0 Å². The lowest BCUT2D eigenvalue weighted by molar-refractivity contribution is -0.128. The van der Waals surface area contributed by atoms with E-state index in [0.29, 0.717) is 13.1 Å². The van der Waals surface area contributed by atoms with Crippen LogP contribution in [0.1, 0.15) is 38.8 Å². The fourth-order valence-corrected chi connectivity index (χ4v) is 2.97. The van der Waals surface area contributed by atoms with Gasteiger partial charge in [0.05, 0.1) is 12.1 Å². The Bertz CT molecular complexity index is 576. The lowest BCUT2D eigenvalue weighted by Crippen LogP contribution is -2.47. The van der Waals surface area contributed by atoms with E-state index in [1.54, 1.807) is 19.1 Å². The van der Waals surface area contributed by atoms with E-state index in [-0.39, 0.29) is 29.7 Å². The smallest absolute Gasteiger partial charge is 0.237 e. The topological polar surface area (TPSA) is 52.7 Å². The number of amides is 2. The quantitative estimate of drug-likeness (QED) is 0.915. The molecule has 0 saturated carbocycles. The van der Waals surface area contributed by atoms with Crippen LogP contribution in [-0.4, -0.2) is 53.8 Å². The second-order valence-corrected chi connectivity index (χ2v) is 6.35. The van der Waals surface area contributed by atoms with Gasteiger partial charge in [-0.05, 0) is 38.0 Å². The number of hydrogen-bond acceptors (Lipinski definition) is 3. The van der Waals surface area contributed by atoms with Gasteiger partial charge in [-0.25, -0.2) is 4.39 Å². The highest BCUT2D eigenvalue weighted by atomic mass is 19.1. The summed E-state index contributed by atoms with van der Waals surface area (Å²) in [6, 6.07) is 5.71. The van der Waals surface area contributed by atoms with E-state index >= 15 is 0 Å². The van der Waals surface area contributed by atoms with Crippen molar-refractivity contribution in [1.29, 1.82) is 0 Å². The van der Waals surface area contributed by atoms with Gasteiger partial charge in [0.25, 0.3) is 0 Å². The molecule has 0 radical (unpaired) electrons. The molecule has 1 aliphatic heterocycles. The number of halogens is 1. The lowest BCUT2D eigenvalue weighted by atomic mass is 10.1. The van der Waals surface area contributed by atoms with Gasteiger partial charge < -0.3 is 10.2 Å². The third-order valence-corrected chi connectivity index (χ3v) is 4.63. The Morgan fingerprint density at radius 1 is 1.08 bits per heavy atom. The van der Waals surface area contributed by atoms with Crippen molar-refractivity contribution in [2.45, 2.75) is 39.3 Å². The van der Waals surface area contributed by atoms with Crippen molar-refractivity contribution in [3.63, 3.8) is 0 Å². The molecule has 0 aromatic heterocycles. The van der Waals surface area contributed by atoms with E-state index in [1.807, 2.05) is 18.7 Å². The Hall–Kier alpha value is -1.95. The van der Waals surface area contributed by atoms with Gasteiger partial charge in [-0.1, -0.05) is 12.1 Å². The van der Waals surface area contributed by atoms with Crippen molar-refractivity contribution in [2.24, 2.45) is 0 Å². The Balaban J connectivity index is 1.91. The number of benzene rings is 1. The maximum absolute atomic E-state index is 13.0. The minimum Gasteiger partial charge on any atom is -0.348 e. The zero-order chi connectivity index (χ0) is 17.7. The van der Waals surface area contributed by atoms with Gasteiger partial charge in [-0.2, -0.15) is 0 Å². The predicted octanol–water partition coefficient (Wildman–Crippen LogP) is 1.95. The Morgan fingerprint density at radius 2 is 1.75 bits per heavy atom. The van der Waals surface area contributed by atoms with Crippen LogP contribution in [0.15, 0.2) is 24.3 Å². The molecule has 1 aromatic rings. The molecule has 132 valence electrons. The van der Waals surface area contributed by atoms with Crippen LogP contribution in [0.4, 0.5) is 4.39 Å². The van der Waals surface area contributed by atoms with Crippen LogP contribution in [0.5, 0.6) is 0 Å². The second-order valence-electron chi connectivity index (χ2n) is 6.35. The van der Waals surface area contributed by atoms with Crippen molar-refractivity contribution in [2.75, 3.05) is 26.2 Å². The number of hydrogen-bond donors (Lipinski definition) is 1. The molecule has 1 aromatic carbocycles. The molecular weight excluding hydrogens is 309 g/mol. The first kappa shape index (κ1) is 18.4. The second kappa shape index (κ2) is 8.24. The van der Waals surface area contributed by atoms with E-state index in [2.05, 4.69) is 10.2 Å². The Labute approximate surface area is 142 Å². The van der Waals surface area contributed by atoms with E-state index in [4.69, 9.17) is 0 Å². The number of nitrogens with one attached hydrogen (secondary N) is 1. The summed E-state index contributed by atoms with van der Waals surface area (Å²) in [5.41, 5.74) is 0.871.